The molecular weight excluding hydrogens is 180 g/mol. The van der Waals surface area contributed by atoms with Crippen molar-refractivity contribution in [3.63, 3.8) is 0 Å². The Morgan fingerprint density at radius 2 is 2.43 bits per heavy atom. The first-order valence-electron chi connectivity index (χ1n) is 4.59. The molecule has 0 saturated carbocycles. The Morgan fingerprint density at radius 3 is 2.93 bits per heavy atom. The SMILES string of the molecule is CNC(C)C(=O)N(C)Cc1ccco1. The summed E-state index contributed by atoms with van der Waals surface area (Å²) >= 11 is 0. The van der Waals surface area contributed by atoms with E-state index in [2.05, 4.69) is 5.32 Å². The Morgan fingerprint density at radius 1 is 1.71 bits per heavy atom. The lowest BCUT2D eigenvalue weighted by Gasteiger charge is -2.19. The number of furan rings is 1. The van der Waals surface area contributed by atoms with E-state index in [1.165, 1.54) is 0 Å². The second-order valence-electron chi connectivity index (χ2n) is 3.28. The molecule has 0 fully saturated rings. The maximum atomic E-state index is 11.6. The van der Waals surface area contributed by atoms with Gasteiger partial charge in [-0.1, -0.05) is 0 Å². The van der Waals surface area contributed by atoms with E-state index in [-0.39, 0.29) is 11.9 Å². The lowest BCUT2D eigenvalue weighted by Crippen LogP contribution is -2.41. The highest BCUT2D eigenvalue weighted by Crippen LogP contribution is 2.04. The molecule has 4 heteroatoms. The first-order chi connectivity index (χ1) is 6.65. The largest absolute Gasteiger partial charge is 0.467 e. The van der Waals surface area contributed by atoms with Crippen LogP contribution in [-0.4, -0.2) is 30.9 Å². The summed E-state index contributed by atoms with van der Waals surface area (Å²) in [7, 11) is 3.53. The summed E-state index contributed by atoms with van der Waals surface area (Å²) in [6.45, 7) is 2.35. The number of likely N-dealkylation sites (N-methyl/N-ethyl adjacent to an activating group) is 2. The third kappa shape index (κ3) is 2.60. The minimum Gasteiger partial charge on any atom is -0.467 e. The van der Waals surface area contributed by atoms with Gasteiger partial charge in [0.05, 0.1) is 18.8 Å². The van der Waals surface area contributed by atoms with Crippen LogP contribution in [0, 0.1) is 0 Å². The molecule has 0 saturated heterocycles. The standard InChI is InChI=1S/C10H16N2O2/c1-8(11-2)10(13)12(3)7-9-5-4-6-14-9/h4-6,8,11H,7H2,1-3H3. The van der Waals surface area contributed by atoms with Gasteiger partial charge in [0.15, 0.2) is 0 Å². The molecule has 0 aliphatic carbocycles. The number of carbonyl (C=O) groups excluding carboxylic acids is 1. The fraction of sp³-hybridized carbons (Fsp3) is 0.500. The molecule has 1 atom stereocenters. The van der Waals surface area contributed by atoms with Crippen LogP contribution in [0.25, 0.3) is 0 Å². The molecule has 1 N–H and O–H groups in total. The van der Waals surface area contributed by atoms with E-state index in [1.807, 2.05) is 19.1 Å². The zero-order chi connectivity index (χ0) is 10.6. The van der Waals surface area contributed by atoms with Crippen molar-refractivity contribution in [3.05, 3.63) is 24.2 Å². The van der Waals surface area contributed by atoms with Crippen LogP contribution < -0.4 is 5.32 Å². The summed E-state index contributed by atoms with van der Waals surface area (Å²) in [5.41, 5.74) is 0. The van der Waals surface area contributed by atoms with Crippen LogP contribution in [-0.2, 0) is 11.3 Å². The zero-order valence-electron chi connectivity index (χ0n) is 8.78. The summed E-state index contributed by atoms with van der Waals surface area (Å²) in [6, 6.07) is 3.51. The van der Waals surface area contributed by atoms with Gasteiger partial charge in [-0.2, -0.15) is 0 Å². The first kappa shape index (κ1) is 10.8. The maximum absolute atomic E-state index is 11.6. The Kier molecular flexibility index (Phi) is 3.71. The predicted molar refractivity (Wildman–Crippen MR) is 53.7 cm³/mol. The molecule has 0 bridgehead atoms. The molecule has 0 aromatic carbocycles. The summed E-state index contributed by atoms with van der Waals surface area (Å²) < 4.78 is 5.15. The number of nitrogens with zero attached hydrogens (tertiary/aromatic N) is 1. The topological polar surface area (TPSA) is 45.5 Å². The van der Waals surface area contributed by atoms with E-state index < -0.39 is 0 Å². The van der Waals surface area contributed by atoms with Crippen LogP contribution in [0.2, 0.25) is 0 Å². The van der Waals surface area contributed by atoms with Crippen LogP contribution in [0.1, 0.15) is 12.7 Å². The van der Waals surface area contributed by atoms with Crippen molar-refractivity contribution in [2.24, 2.45) is 0 Å². The molecular formula is C10H16N2O2. The van der Waals surface area contributed by atoms with Crippen LogP contribution >= 0.6 is 0 Å². The Labute approximate surface area is 83.9 Å². The molecule has 14 heavy (non-hydrogen) atoms. The summed E-state index contributed by atoms with van der Waals surface area (Å²) in [6.07, 6.45) is 1.61. The van der Waals surface area contributed by atoms with Crippen molar-refractivity contribution < 1.29 is 9.21 Å². The molecule has 0 aliphatic rings. The number of hydrogen-bond donors (Lipinski definition) is 1. The summed E-state index contributed by atoms with van der Waals surface area (Å²) in [5, 5.41) is 2.90. The third-order valence-corrected chi connectivity index (χ3v) is 2.15. The smallest absolute Gasteiger partial charge is 0.239 e. The summed E-state index contributed by atoms with van der Waals surface area (Å²) in [5.74, 6) is 0.855. The van der Waals surface area contributed by atoms with Gasteiger partial charge in [0.25, 0.3) is 0 Å². The fourth-order valence-corrected chi connectivity index (χ4v) is 1.17. The van der Waals surface area contributed by atoms with Gasteiger partial charge in [-0.15, -0.1) is 0 Å². The zero-order valence-corrected chi connectivity index (χ0v) is 8.78. The van der Waals surface area contributed by atoms with Gasteiger partial charge >= 0.3 is 0 Å². The number of rotatable bonds is 4. The van der Waals surface area contributed by atoms with E-state index in [0.29, 0.717) is 6.54 Å². The van der Waals surface area contributed by atoms with E-state index in [4.69, 9.17) is 4.42 Å². The number of carbonyl (C=O) groups is 1. The molecule has 1 amide bonds. The van der Waals surface area contributed by atoms with Crippen LogP contribution in [0.4, 0.5) is 0 Å². The Bertz CT molecular complexity index is 282. The van der Waals surface area contributed by atoms with Crippen molar-refractivity contribution in [1.82, 2.24) is 10.2 Å². The monoisotopic (exact) mass is 196 g/mol. The molecule has 0 radical (unpaired) electrons. The van der Waals surface area contributed by atoms with Gasteiger partial charge in [-0.25, -0.2) is 0 Å². The average Bonchev–Trinajstić information content (AvgIpc) is 2.68. The van der Waals surface area contributed by atoms with E-state index in [9.17, 15) is 4.79 Å². The Balaban J connectivity index is 2.50. The molecule has 0 spiro atoms. The second kappa shape index (κ2) is 4.81. The summed E-state index contributed by atoms with van der Waals surface area (Å²) in [4.78, 5) is 13.3. The molecule has 78 valence electrons. The fourth-order valence-electron chi connectivity index (χ4n) is 1.17. The van der Waals surface area contributed by atoms with Crippen LogP contribution in [0.3, 0.4) is 0 Å². The lowest BCUT2D eigenvalue weighted by molar-refractivity contribution is -0.132. The van der Waals surface area contributed by atoms with Crippen LogP contribution in [0.15, 0.2) is 22.8 Å². The predicted octanol–water partition coefficient (Wildman–Crippen LogP) is 0.846. The van der Waals surface area contributed by atoms with Crippen molar-refractivity contribution in [1.29, 1.82) is 0 Å². The second-order valence-corrected chi connectivity index (χ2v) is 3.28. The van der Waals surface area contributed by atoms with Gasteiger partial charge in [0.2, 0.25) is 5.91 Å². The van der Waals surface area contributed by atoms with Crippen LogP contribution in [0.5, 0.6) is 0 Å². The number of nitrogens with one attached hydrogen (secondary N) is 1. The van der Waals surface area contributed by atoms with Gasteiger partial charge in [-0.3, -0.25) is 4.79 Å². The molecule has 1 unspecified atom stereocenters. The lowest BCUT2D eigenvalue weighted by atomic mass is 10.3. The highest BCUT2D eigenvalue weighted by molar-refractivity contribution is 5.81. The van der Waals surface area contributed by atoms with Crippen molar-refractivity contribution >= 4 is 5.91 Å². The third-order valence-electron chi connectivity index (χ3n) is 2.15. The molecule has 0 aliphatic heterocycles. The quantitative estimate of drug-likeness (QED) is 0.776. The molecule has 1 aromatic rings. The van der Waals surface area contributed by atoms with E-state index in [1.54, 1.807) is 25.3 Å². The maximum Gasteiger partial charge on any atom is 0.239 e. The van der Waals surface area contributed by atoms with Gasteiger partial charge in [-0.05, 0) is 26.1 Å². The molecule has 1 aromatic heterocycles. The van der Waals surface area contributed by atoms with Crippen molar-refractivity contribution in [2.45, 2.75) is 19.5 Å². The first-order valence-corrected chi connectivity index (χ1v) is 4.59. The van der Waals surface area contributed by atoms with Gasteiger partial charge < -0.3 is 14.6 Å². The molecule has 1 rings (SSSR count). The minimum atomic E-state index is -0.157. The van der Waals surface area contributed by atoms with Gasteiger partial charge in [0.1, 0.15) is 5.76 Å². The minimum absolute atomic E-state index is 0.0592. The number of amides is 1. The normalized spacial score (nSPS) is 12.5. The van der Waals surface area contributed by atoms with E-state index >= 15 is 0 Å². The number of hydrogen-bond acceptors (Lipinski definition) is 3. The van der Waals surface area contributed by atoms with Gasteiger partial charge in [0, 0.05) is 7.05 Å². The molecule has 4 nitrogen and oxygen atoms in total. The highest BCUT2D eigenvalue weighted by Gasteiger charge is 2.16. The average molecular weight is 196 g/mol. The highest BCUT2D eigenvalue weighted by atomic mass is 16.3. The Hall–Kier alpha value is -1.29. The van der Waals surface area contributed by atoms with Crippen molar-refractivity contribution in [3.8, 4) is 0 Å². The van der Waals surface area contributed by atoms with Crippen molar-refractivity contribution in [2.75, 3.05) is 14.1 Å². The molecule has 1 heterocycles. The van der Waals surface area contributed by atoms with E-state index in [0.717, 1.165) is 5.76 Å².